The molecule has 0 bridgehead atoms. The zero-order chi connectivity index (χ0) is 22.1. The lowest BCUT2D eigenvalue weighted by Crippen LogP contribution is -2.46. The minimum atomic E-state index is -0.457. The van der Waals surface area contributed by atoms with E-state index in [0.717, 1.165) is 50.1 Å². The van der Waals surface area contributed by atoms with Gasteiger partial charge in [0.15, 0.2) is 11.5 Å². The summed E-state index contributed by atoms with van der Waals surface area (Å²) in [5.41, 5.74) is 0.529. The van der Waals surface area contributed by atoms with Crippen molar-refractivity contribution in [3.63, 3.8) is 0 Å². The van der Waals surface area contributed by atoms with E-state index in [1.54, 1.807) is 23.1 Å². The number of anilines is 1. The largest absolute Gasteiger partial charge is 0.454 e. The summed E-state index contributed by atoms with van der Waals surface area (Å²) in [5.74, 6) is 0.396. The second-order valence-electron chi connectivity index (χ2n) is 8.06. The molecule has 4 heterocycles. The molecule has 3 amide bonds. The first-order valence-electron chi connectivity index (χ1n) is 10.7. The van der Waals surface area contributed by atoms with Crippen molar-refractivity contribution in [3.05, 3.63) is 28.2 Å². The Kier molecular flexibility index (Phi) is 5.64. The zero-order valence-corrected chi connectivity index (χ0v) is 18.2. The number of piperidine rings is 1. The molecule has 1 aromatic heterocycles. The van der Waals surface area contributed by atoms with Crippen molar-refractivity contribution < 1.29 is 23.9 Å². The molecule has 11 heteroatoms. The van der Waals surface area contributed by atoms with Crippen LogP contribution in [0.15, 0.2) is 18.2 Å². The lowest BCUT2D eigenvalue weighted by Gasteiger charge is -2.33. The molecule has 0 spiro atoms. The van der Waals surface area contributed by atoms with Crippen LogP contribution < -0.4 is 14.8 Å². The molecule has 1 N–H and O–H groups in total. The predicted octanol–water partition coefficient (Wildman–Crippen LogP) is 1.99. The van der Waals surface area contributed by atoms with E-state index in [-0.39, 0.29) is 34.5 Å². The molecule has 1 atom stereocenters. The van der Waals surface area contributed by atoms with E-state index in [1.807, 2.05) is 4.90 Å². The molecule has 2 aromatic rings. The summed E-state index contributed by atoms with van der Waals surface area (Å²) in [6, 6.07) is 5.07. The average molecular weight is 458 g/mol. The van der Waals surface area contributed by atoms with Gasteiger partial charge in [0.25, 0.3) is 11.8 Å². The molecule has 2 saturated heterocycles. The van der Waals surface area contributed by atoms with Crippen molar-refractivity contribution in [1.29, 1.82) is 0 Å². The number of rotatable bonds is 4. The molecule has 3 aliphatic heterocycles. The lowest BCUT2D eigenvalue weighted by molar-refractivity contribution is -0.135. The summed E-state index contributed by atoms with van der Waals surface area (Å²) in [6.45, 7) is 2.71. The van der Waals surface area contributed by atoms with Crippen molar-refractivity contribution in [1.82, 2.24) is 20.0 Å². The fourth-order valence-corrected chi connectivity index (χ4v) is 4.96. The minimum absolute atomic E-state index is 0.0905. The fraction of sp³-hybridized carbons (Fsp3) is 0.476. The third kappa shape index (κ3) is 4.12. The minimum Gasteiger partial charge on any atom is -0.454 e. The summed E-state index contributed by atoms with van der Waals surface area (Å²) in [5, 5.41) is 10.8. The maximum Gasteiger partial charge on any atom is 0.286 e. The van der Waals surface area contributed by atoms with E-state index in [0.29, 0.717) is 30.3 Å². The molecule has 0 saturated carbocycles. The molecule has 3 aliphatic rings. The quantitative estimate of drug-likeness (QED) is 0.747. The number of amides is 3. The average Bonchev–Trinajstić information content (AvgIpc) is 3.59. The number of likely N-dealkylation sites (tertiary alicyclic amines) is 2. The number of nitrogens with one attached hydrogen (secondary N) is 1. The summed E-state index contributed by atoms with van der Waals surface area (Å²) in [4.78, 5) is 41.8. The summed E-state index contributed by atoms with van der Waals surface area (Å²) >= 11 is 0.946. The van der Waals surface area contributed by atoms with E-state index >= 15 is 0 Å². The Balaban J connectivity index is 1.22. The second-order valence-corrected chi connectivity index (χ2v) is 9.03. The Morgan fingerprint density at radius 2 is 1.72 bits per heavy atom. The predicted molar refractivity (Wildman–Crippen MR) is 115 cm³/mol. The van der Waals surface area contributed by atoms with Gasteiger partial charge in [-0.15, -0.1) is 10.2 Å². The van der Waals surface area contributed by atoms with Gasteiger partial charge in [0.05, 0.1) is 5.92 Å². The van der Waals surface area contributed by atoms with Gasteiger partial charge in [0.2, 0.25) is 22.7 Å². The molecule has 0 unspecified atom stereocenters. The number of fused-ring (bicyclic) bond motifs is 1. The van der Waals surface area contributed by atoms with Crippen LogP contribution in [-0.4, -0.2) is 70.7 Å². The van der Waals surface area contributed by atoms with Gasteiger partial charge in [-0.3, -0.25) is 14.4 Å². The summed E-state index contributed by atoms with van der Waals surface area (Å²) < 4.78 is 10.6. The van der Waals surface area contributed by atoms with Crippen molar-refractivity contribution in [2.75, 3.05) is 38.3 Å². The Bertz CT molecular complexity index is 1050. The number of aromatic nitrogens is 2. The van der Waals surface area contributed by atoms with Crippen LogP contribution in [0, 0.1) is 5.92 Å². The molecule has 0 radical (unpaired) electrons. The van der Waals surface area contributed by atoms with E-state index in [4.69, 9.17) is 9.47 Å². The monoisotopic (exact) mass is 457 g/mol. The van der Waals surface area contributed by atoms with Gasteiger partial charge < -0.3 is 24.6 Å². The molecule has 2 fully saturated rings. The number of nitrogens with zero attached hydrogens (tertiary/aromatic N) is 4. The fourth-order valence-electron chi connectivity index (χ4n) is 4.25. The van der Waals surface area contributed by atoms with Crippen LogP contribution in [0.5, 0.6) is 11.5 Å². The van der Waals surface area contributed by atoms with Gasteiger partial charge in [-0.2, -0.15) is 0 Å². The second kappa shape index (κ2) is 8.73. The Morgan fingerprint density at radius 3 is 2.56 bits per heavy atom. The van der Waals surface area contributed by atoms with Crippen LogP contribution in [-0.2, 0) is 4.79 Å². The van der Waals surface area contributed by atoms with Gasteiger partial charge in [0.1, 0.15) is 0 Å². The smallest absolute Gasteiger partial charge is 0.286 e. The van der Waals surface area contributed by atoms with Crippen molar-refractivity contribution >= 4 is 34.7 Å². The molecule has 5 rings (SSSR count). The molecular formula is C21H23N5O5S. The number of ether oxygens (including phenoxy) is 2. The van der Waals surface area contributed by atoms with E-state index in [2.05, 4.69) is 15.5 Å². The molecule has 1 aromatic carbocycles. The van der Waals surface area contributed by atoms with Crippen molar-refractivity contribution in [2.45, 2.75) is 25.7 Å². The van der Waals surface area contributed by atoms with Crippen LogP contribution in [0.25, 0.3) is 0 Å². The Hall–Kier alpha value is -3.21. The number of carbonyl (C=O) groups is 3. The third-order valence-corrected chi connectivity index (χ3v) is 6.82. The Labute approximate surface area is 188 Å². The first-order valence-corrected chi connectivity index (χ1v) is 11.5. The summed E-state index contributed by atoms with van der Waals surface area (Å²) in [7, 11) is 0. The first-order chi connectivity index (χ1) is 15.6. The number of hydrogen-bond donors (Lipinski definition) is 1. The number of benzene rings is 1. The zero-order valence-electron chi connectivity index (χ0n) is 17.4. The summed E-state index contributed by atoms with van der Waals surface area (Å²) in [6.07, 6.45) is 3.65. The van der Waals surface area contributed by atoms with E-state index in [9.17, 15) is 14.4 Å². The first kappa shape index (κ1) is 20.7. The molecule has 168 valence electrons. The Morgan fingerprint density at radius 1 is 0.969 bits per heavy atom. The van der Waals surface area contributed by atoms with Crippen molar-refractivity contribution in [2.24, 2.45) is 5.92 Å². The molecule has 10 nitrogen and oxygen atoms in total. The molecular weight excluding hydrogens is 434 g/mol. The standard InChI is InChI=1S/C21H23N5O5S/c27-17(22-14-5-6-15-16(10-14)31-12-30-15)18-23-24-19(32-18)21(29)26-9-3-4-13(11-26)20(28)25-7-1-2-8-25/h5-6,10,13H,1-4,7-9,11-12H2,(H,22,27)/t13-/m0/s1. The maximum atomic E-state index is 13.0. The third-order valence-electron chi connectivity index (χ3n) is 5.91. The van der Waals surface area contributed by atoms with Crippen molar-refractivity contribution in [3.8, 4) is 11.5 Å². The van der Waals surface area contributed by atoms with Crippen LogP contribution in [0.1, 0.15) is 45.3 Å². The topological polar surface area (TPSA) is 114 Å². The number of carbonyl (C=O) groups excluding carboxylic acids is 3. The van der Waals surface area contributed by atoms with Crippen LogP contribution in [0.4, 0.5) is 5.69 Å². The highest BCUT2D eigenvalue weighted by Gasteiger charge is 2.33. The molecule has 32 heavy (non-hydrogen) atoms. The number of hydrogen-bond acceptors (Lipinski definition) is 8. The normalized spacial score (nSPS) is 19.8. The highest BCUT2D eigenvalue weighted by molar-refractivity contribution is 7.15. The highest BCUT2D eigenvalue weighted by Crippen LogP contribution is 2.34. The van der Waals surface area contributed by atoms with Gasteiger partial charge in [-0.25, -0.2) is 0 Å². The van der Waals surface area contributed by atoms with Crippen LogP contribution in [0.3, 0.4) is 0 Å². The SMILES string of the molecule is O=C(Nc1ccc2c(c1)OCO2)c1nnc(C(=O)N2CCC[C@H](C(=O)N3CCCC3)C2)s1. The van der Waals surface area contributed by atoms with Crippen LogP contribution in [0.2, 0.25) is 0 Å². The highest BCUT2D eigenvalue weighted by atomic mass is 32.1. The van der Waals surface area contributed by atoms with Gasteiger partial charge in [0, 0.05) is 37.9 Å². The van der Waals surface area contributed by atoms with Gasteiger partial charge in [-0.1, -0.05) is 11.3 Å². The van der Waals surface area contributed by atoms with E-state index < -0.39 is 5.91 Å². The van der Waals surface area contributed by atoms with Gasteiger partial charge in [-0.05, 0) is 37.8 Å². The van der Waals surface area contributed by atoms with Gasteiger partial charge >= 0.3 is 0 Å². The molecule has 0 aliphatic carbocycles. The lowest BCUT2D eigenvalue weighted by atomic mass is 9.96. The van der Waals surface area contributed by atoms with E-state index in [1.165, 1.54) is 0 Å². The maximum absolute atomic E-state index is 13.0. The van der Waals surface area contributed by atoms with Crippen LogP contribution >= 0.6 is 11.3 Å².